The molecule has 0 saturated heterocycles. The Morgan fingerprint density at radius 2 is 1.11 bits per heavy atom. The SMILES string of the molecule is [2H]c1c([2H])c([2H])c(-c2cccc(-c3c([2H])c([2H])c([2H])c([2H])c3[2H])c2-[n+]2[c-]n(-c3cccc(Oc4ccc5c6ccccc6n(-c6cc(N(c7ccccc7)c7ccccc7)ccn6)c5c4)c3)c3ccccc32)c([2H])c1[2H]. The highest BCUT2D eigenvalue weighted by Gasteiger charge is 2.21. The number of pyridine rings is 1. The molecule has 0 amide bonds. The maximum atomic E-state index is 9.04. The molecule has 66 heavy (non-hydrogen) atoms. The van der Waals surface area contributed by atoms with Gasteiger partial charge in [-0.05, 0) is 89.0 Å². The summed E-state index contributed by atoms with van der Waals surface area (Å²) in [5, 5.41) is 2.06. The van der Waals surface area contributed by atoms with Crippen LogP contribution in [0.5, 0.6) is 11.5 Å². The molecule has 0 spiro atoms. The van der Waals surface area contributed by atoms with Crippen LogP contribution in [0.3, 0.4) is 0 Å². The standard InChI is InChI=1S/C60H41N5O/c1-5-19-43(20-6-1)51-30-18-31-52(44-21-7-2-8-22-44)60(51)63-42-62(56-33-15-16-34-57(56)63)47-27-17-28-49(39-47)66-50-35-36-54-53-29-13-14-32-55(53)65(58(54)41-50)59-40-48(37-38-61-59)64(45-23-9-3-10-24-45)46-25-11-4-12-26-46/h1-41H/i1D,2D,5D,6D,7D,8D,19D,20D,21D,22D. The van der Waals surface area contributed by atoms with Crippen molar-refractivity contribution in [2.24, 2.45) is 0 Å². The number of rotatable bonds is 10. The molecule has 12 aromatic rings. The molecule has 3 heterocycles. The molecule has 0 atom stereocenters. The number of hydrogen-bond acceptors (Lipinski definition) is 3. The molecule has 0 radical (unpaired) electrons. The van der Waals surface area contributed by atoms with Crippen LogP contribution in [0.2, 0.25) is 0 Å². The van der Waals surface area contributed by atoms with Gasteiger partial charge in [0.25, 0.3) is 6.33 Å². The fourth-order valence-electron chi connectivity index (χ4n) is 8.73. The number of ether oxygens (including phenoxy) is 1. The summed E-state index contributed by atoms with van der Waals surface area (Å²) in [6.07, 6.45) is 5.27. The van der Waals surface area contributed by atoms with Crippen molar-refractivity contribution < 1.29 is 23.0 Å². The van der Waals surface area contributed by atoms with Crippen molar-refractivity contribution in [2.45, 2.75) is 0 Å². The topological polar surface area (TPSA) is 39.1 Å². The van der Waals surface area contributed by atoms with Gasteiger partial charge in [-0.2, -0.15) is 0 Å². The third kappa shape index (κ3) is 6.94. The van der Waals surface area contributed by atoms with Gasteiger partial charge in [-0.1, -0.05) is 164 Å². The Kier molecular flexibility index (Phi) is 7.39. The maximum Gasteiger partial charge on any atom is 0.269 e. The molecule has 0 fully saturated rings. The van der Waals surface area contributed by atoms with Crippen molar-refractivity contribution in [1.29, 1.82) is 0 Å². The molecule has 312 valence electrons. The summed E-state index contributed by atoms with van der Waals surface area (Å²) < 4.78 is 99.5. The van der Waals surface area contributed by atoms with Crippen LogP contribution in [0.15, 0.2) is 249 Å². The number of fused-ring (bicyclic) bond motifs is 4. The molecule has 6 nitrogen and oxygen atoms in total. The van der Waals surface area contributed by atoms with Crippen LogP contribution >= 0.6 is 0 Å². The monoisotopic (exact) mass is 857 g/mol. The Morgan fingerprint density at radius 1 is 0.500 bits per heavy atom. The number of benzene rings is 9. The van der Waals surface area contributed by atoms with Gasteiger partial charge in [0, 0.05) is 40.5 Å². The van der Waals surface area contributed by atoms with Crippen molar-refractivity contribution in [3.8, 4) is 50.9 Å². The first-order valence-corrected chi connectivity index (χ1v) is 21.3. The second-order valence-electron chi connectivity index (χ2n) is 15.5. The minimum Gasteiger partial charge on any atom is -0.458 e. The third-order valence-corrected chi connectivity index (χ3v) is 11.6. The highest BCUT2D eigenvalue weighted by atomic mass is 16.5. The lowest BCUT2D eigenvalue weighted by molar-refractivity contribution is -0.571. The lowest BCUT2D eigenvalue weighted by atomic mass is 9.95. The van der Waals surface area contributed by atoms with Gasteiger partial charge < -0.3 is 9.64 Å². The van der Waals surface area contributed by atoms with Gasteiger partial charge in [0.2, 0.25) is 0 Å². The fourth-order valence-corrected chi connectivity index (χ4v) is 8.73. The van der Waals surface area contributed by atoms with Gasteiger partial charge >= 0.3 is 0 Å². The third-order valence-electron chi connectivity index (χ3n) is 11.6. The summed E-state index contributed by atoms with van der Waals surface area (Å²) >= 11 is 0. The van der Waals surface area contributed by atoms with Gasteiger partial charge in [-0.25, -0.2) is 4.98 Å². The van der Waals surface area contributed by atoms with Crippen LogP contribution in [0, 0.1) is 6.33 Å². The molecule has 0 N–H and O–H groups in total. The van der Waals surface area contributed by atoms with Crippen molar-refractivity contribution in [3.63, 3.8) is 0 Å². The minimum atomic E-state index is -0.570. The van der Waals surface area contributed by atoms with E-state index < -0.39 is 60.4 Å². The average Bonchev–Trinajstić information content (AvgIpc) is 4.06. The number of imidazole rings is 1. The Bertz CT molecular complexity index is 4110. The van der Waals surface area contributed by atoms with E-state index in [1.54, 1.807) is 27.3 Å². The van der Waals surface area contributed by atoms with Gasteiger partial charge in [0.15, 0.2) is 0 Å². The van der Waals surface area contributed by atoms with E-state index in [0.29, 0.717) is 34.0 Å². The molecule has 0 aliphatic rings. The highest BCUT2D eigenvalue weighted by Crippen LogP contribution is 2.39. The first-order valence-electron chi connectivity index (χ1n) is 26.3. The number of anilines is 3. The van der Waals surface area contributed by atoms with Crippen molar-refractivity contribution in [3.05, 3.63) is 255 Å². The van der Waals surface area contributed by atoms with Gasteiger partial charge in [-0.3, -0.25) is 13.7 Å². The van der Waals surface area contributed by atoms with E-state index in [-0.39, 0.29) is 27.9 Å². The summed E-state index contributed by atoms with van der Waals surface area (Å²) in [7, 11) is 0. The Hall–Kier alpha value is -9.00. The predicted octanol–water partition coefficient (Wildman–Crippen LogP) is 14.8. The van der Waals surface area contributed by atoms with E-state index in [2.05, 4.69) is 58.3 Å². The molecule has 0 bridgehead atoms. The average molecular weight is 858 g/mol. The largest absolute Gasteiger partial charge is 0.458 e. The fraction of sp³-hybridized carbons (Fsp3) is 0. The van der Waals surface area contributed by atoms with Crippen LogP contribution in [0.25, 0.3) is 72.3 Å². The molecule has 0 saturated carbocycles. The zero-order valence-electron chi connectivity index (χ0n) is 45.0. The number of nitrogens with zero attached hydrogens (tertiary/aromatic N) is 5. The van der Waals surface area contributed by atoms with Crippen molar-refractivity contribution in [2.75, 3.05) is 4.90 Å². The number of hydrogen-bond donors (Lipinski definition) is 0. The van der Waals surface area contributed by atoms with E-state index in [1.165, 1.54) is 0 Å². The summed E-state index contributed by atoms with van der Waals surface area (Å²) in [6, 6.07) is 53.1. The Balaban J connectivity index is 0.989. The van der Waals surface area contributed by atoms with E-state index in [4.69, 9.17) is 23.4 Å². The Labute approximate surface area is 396 Å². The summed E-state index contributed by atoms with van der Waals surface area (Å²) in [5.41, 5.74) is 6.81. The molecular formula is C60H41N5O. The van der Waals surface area contributed by atoms with Gasteiger partial charge in [0.1, 0.15) is 17.3 Å². The first-order chi connectivity index (χ1) is 36.9. The molecule has 9 aromatic carbocycles. The lowest BCUT2D eigenvalue weighted by Gasteiger charge is -2.25. The zero-order valence-corrected chi connectivity index (χ0v) is 35.0. The highest BCUT2D eigenvalue weighted by molar-refractivity contribution is 6.09. The molecule has 0 aliphatic heterocycles. The smallest absolute Gasteiger partial charge is 0.269 e. The normalized spacial score (nSPS) is 13.5. The molecular weight excluding hydrogens is 807 g/mol. The van der Waals surface area contributed by atoms with E-state index in [9.17, 15) is 0 Å². The number of para-hydroxylation sites is 6. The summed E-state index contributed by atoms with van der Waals surface area (Å²) in [4.78, 5) is 7.15. The first kappa shape index (κ1) is 29.4. The second kappa shape index (κ2) is 16.6. The van der Waals surface area contributed by atoms with Crippen LogP contribution < -0.4 is 14.2 Å². The summed E-state index contributed by atoms with van der Waals surface area (Å²) in [6.45, 7) is 0. The van der Waals surface area contributed by atoms with E-state index in [1.807, 2.05) is 128 Å². The lowest BCUT2D eigenvalue weighted by Crippen LogP contribution is -2.31. The molecule has 3 aromatic heterocycles. The van der Waals surface area contributed by atoms with Crippen LogP contribution in [0.4, 0.5) is 17.1 Å². The molecule has 0 aliphatic carbocycles. The summed E-state index contributed by atoms with van der Waals surface area (Å²) in [5.74, 6) is 1.77. The zero-order chi connectivity index (χ0) is 52.5. The number of aromatic nitrogens is 4. The van der Waals surface area contributed by atoms with Crippen LogP contribution in [-0.4, -0.2) is 14.1 Å². The van der Waals surface area contributed by atoms with Gasteiger partial charge in [-0.15, -0.1) is 0 Å². The second-order valence-corrected chi connectivity index (χ2v) is 15.5. The quantitative estimate of drug-likeness (QED) is 0.102. The molecule has 0 unspecified atom stereocenters. The predicted molar refractivity (Wildman–Crippen MR) is 268 cm³/mol. The molecule has 6 heteroatoms. The van der Waals surface area contributed by atoms with E-state index >= 15 is 0 Å². The Morgan fingerprint density at radius 3 is 1.82 bits per heavy atom. The maximum absolute atomic E-state index is 9.04. The van der Waals surface area contributed by atoms with Crippen molar-refractivity contribution >= 4 is 49.9 Å². The van der Waals surface area contributed by atoms with Crippen molar-refractivity contribution in [1.82, 2.24) is 14.1 Å². The van der Waals surface area contributed by atoms with Gasteiger partial charge in [0.05, 0.1) is 52.8 Å². The molecule has 12 rings (SSSR count). The van der Waals surface area contributed by atoms with Crippen LogP contribution in [0.1, 0.15) is 13.7 Å². The minimum absolute atomic E-state index is 0.135. The van der Waals surface area contributed by atoms with Crippen LogP contribution in [-0.2, 0) is 0 Å². The van der Waals surface area contributed by atoms with E-state index in [0.717, 1.165) is 38.9 Å².